The summed E-state index contributed by atoms with van der Waals surface area (Å²) in [5.41, 5.74) is 0.367. The van der Waals surface area contributed by atoms with Crippen LogP contribution < -0.4 is 5.32 Å². The van der Waals surface area contributed by atoms with Crippen molar-refractivity contribution in [3.8, 4) is 0 Å². The quantitative estimate of drug-likeness (QED) is 0.778. The Kier molecular flexibility index (Phi) is 5.59. The Morgan fingerprint density at radius 1 is 0.950 bits per heavy atom. The minimum Gasteiger partial charge on any atom is -0.314 e. The zero-order valence-electron chi connectivity index (χ0n) is 13.9. The van der Waals surface area contributed by atoms with E-state index in [0.717, 1.165) is 13.1 Å². The van der Waals surface area contributed by atoms with E-state index in [1.165, 1.54) is 58.0 Å². The van der Waals surface area contributed by atoms with Crippen molar-refractivity contribution >= 4 is 7.85 Å². The van der Waals surface area contributed by atoms with E-state index in [0.29, 0.717) is 11.5 Å². The highest BCUT2D eigenvalue weighted by Crippen LogP contribution is 2.46. The summed E-state index contributed by atoms with van der Waals surface area (Å²) >= 11 is 0. The summed E-state index contributed by atoms with van der Waals surface area (Å²) < 4.78 is 0. The van der Waals surface area contributed by atoms with Gasteiger partial charge in [-0.2, -0.15) is 0 Å². The molecule has 3 heteroatoms. The third-order valence-electron chi connectivity index (χ3n) is 6.02. The predicted molar refractivity (Wildman–Crippen MR) is 88.5 cm³/mol. The fourth-order valence-corrected chi connectivity index (χ4v) is 3.99. The van der Waals surface area contributed by atoms with Crippen LogP contribution in [0.5, 0.6) is 0 Å². The van der Waals surface area contributed by atoms with Gasteiger partial charge in [-0.05, 0) is 25.7 Å². The lowest BCUT2D eigenvalue weighted by atomic mass is 9.56. The molecule has 1 saturated heterocycles. The van der Waals surface area contributed by atoms with Crippen LogP contribution in [0.3, 0.4) is 0 Å². The summed E-state index contributed by atoms with van der Waals surface area (Å²) in [6.45, 7) is 11.8. The molecule has 114 valence electrons. The Bertz CT molecular complexity index is 301. The zero-order valence-corrected chi connectivity index (χ0v) is 13.9. The second kappa shape index (κ2) is 6.83. The average molecular weight is 276 g/mol. The van der Waals surface area contributed by atoms with Crippen LogP contribution >= 0.6 is 0 Å². The molecule has 0 aromatic rings. The van der Waals surface area contributed by atoms with Gasteiger partial charge in [0.25, 0.3) is 0 Å². The van der Waals surface area contributed by atoms with E-state index in [2.05, 4.69) is 31.0 Å². The van der Waals surface area contributed by atoms with Gasteiger partial charge in [-0.15, -0.1) is 0 Å². The van der Waals surface area contributed by atoms with Crippen molar-refractivity contribution in [1.82, 2.24) is 10.2 Å². The average Bonchev–Trinajstić information content (AvgIpc) is 2.52. The van der Waals surface area contributed by atoms with E-state index < -0.39 is 0 Å². The van der Waals surface area contributed by atoms with Gasteiger partial charge in [-0.25, -0.2) is 0 Å². The third kappa shape index (κ3) is 3.79. The molecule has 20 heavy (non-hydrogen) atoms. The molecule has 2 radical (unpaired) electrons. The highest BCUT2D eigenvalue weighted by atomic mass is 15.2. The van der Waals surface area contributed by atoms with Crippen molar-refractivity contribution in [3.05, 3.63) is 0 Å². The highest BCUT2D eigenvalue weighted by Gasteiger charge is 2.36. The number of piperazine rings is 1. The van der Waals surface area contributed by atoms with Crippen LogP contribution in [0.4, 0.5) is 0 Å². The van der Waals surface area contributed by atoms with Crippen LogP contribution in [-0.4, -0.2) is 44.5 Å². The minimum atomic E-state index is 0.0552. The van der Waals surface area contributed by atoms with Gasteiger partial charge in [-0.3, -0.25) is 4.90 Å². The normalized spacial score (nSPS) is 38.2. The molecule has 1 aliphatic carbocycles. The Hall–Kier alpha value is -0.0151. The zero-order chi connectivity index (χ0) is 14.6. The molecule has 0 spiro atoms. The SMILES string of the molecule is [B]C1(C(C)C)CCCCCC(C)(N2CCNCC2)CC1. The standard InChI is InChI=1S/C17H33BN2/c1-15(2)17(18)8-6-4-5-7-16(3,9-10-17)20-13-11-19-12-14-20/h15,19H,4-14H2,1-3H3. The first-order valence-corrected chi connectivity index (χ1v) is 8.71. The van der Waals surface area contributed by atoms with Gasteiger partial charge < -0.3 is 5.32 Å². The smallest absolute Gasteiger partial charge is 0.0749 e. The molecule has 1 N–H and O–H groups in total. The summed E-state index contributed by atoms with van der Waals surface area (Å²) in [7, 11) is 6.76. The summed E-state index contributed by atoms with van der Waals surface area (Å²) in [6, 6.07) is 0. The fraction of sp³-hybridized carbons (Fsp3) is 1.00. The van der Waals surface area contributed by atoms with Crippen molar-refractivity contribution in [1.29, 1.82) is 0 Å². The molecular weight excluding hydrogens is 243 g/mol. The molecule has 1 heterocycles. The first-order valence-electron chi connectivity index (χ1n) is 8.71. The molecular formula is C17H33BN2. The maximum Gasteiger partial charge on any atom is 0.0749 e. The van der Waals surface area contributed by atoms with Gasteiger partial charge in [0.1, 0.15) is 0 Å². The van der Waals surface area contributed by atoms with E-state index in [-0.39, 0.29) is 5.31 Å². The maximum absolute atomic E-state index is 6.76. The molecule has 0 amide bonds. The molecule has 1 aliphatic heterocycles. The van der Waals surface area contributed by atoms with Crippen molar-refractivity contribution in [2.45, 2.75) is 76.6 Å². The largest absolute Gasteiger partial charge is 0.314 e. The van der Waals surface area contributed by atoms with Crippen LogP contribution in [0, 0.1) is 5.92 Å². The summed E-state index contributed by atoms with van der Waals surface area (Å²) in [5, 5.41) is 3.53. The van der Waals surface area contributed by atoms with Crippen LogP contribution in [0.1, 0.15) is 65.7 Å². The number of nitrogens with one attached hydrogen (secondary N) is 1. The van der Waals surface area contributed by atoms with Gasteiger partial charge in [0.2, 0.25) is 0 Å². The van der Waals surface area contributed by atoms with E-state index in [1.807, 2.05) is 0 Å². The van der Waals surface area contributed by atoms with Gasteiger partial charge in [0, 0.05) is 31.7 Å². The van der Waals surface area contributed by atoms with Crippen molar-refractivity contribution in [3.63, 3.8) is 0 Å². The van der Waals surface area contributed by atoms with Crippen molar-refractivity contribution in [2.75, 3.05) is 26.2 Å². The van der Waals surface area contributed by atoms with E-state index in [1.54, 1.807) is 0 Å². The Morgan fingerprint density at radius 3 is 2.25 bits per heavy atom. The molecule has 2 aliphatic rings. The van der Waals surface area contributed by atoms with Crippen LogP contribution in [0.25, 0.3) is 0 Å². The van der Waals surface area contributed by atoms with E-state index in [9.17, 15) is 0 Å². The van der Waals surface area contributed by atoms with Gasteiger partial charge >= 0.3 is 0 Å². The number of rotatable bonds is 2. The predicted octanol–water partition coefficient (Wildman–Crippen LogP) is 3.38. The first-order chi connectivity index (χ1) is 9.46. The molecule has 2 rings (SSSR count). The fourth-order valence-electron chi connectivity index (χ4n) is 3.99. The summed E-state index contributed by atoms with van der Waals surface area (Å²) in [5.74, 6) is 0.591. The molecule has 1 saturated carbocycles. The van der Waals surface area contributed by atoms with Crippen molar-refractivity contribution < 1.29 is 0 Å². The van der Waals surface area contributed by atoms with E-state index in [4.69, 9.17) is 7.85 Å². The van der Waals surface area contributed by atoms with E-state index >= 15 is 0 Å². The molecule has 0 aromatic heterocycles. The number of hydrogen-bond acceptors (Lipinski definition) is 2. The lowest BCUT2D eigenvalue weighted by molar-refractivity contribution is 0.0651. The second-order valence-corrected chi connectivity index (χ2v) is 7.68. The van der Waals surface area contributed by atoms with Gasteiger partial charge in [-0.1, -0.05) is 51.3 Å². The molecule has 2 atom stereocenters. The summed E-state index contributed by atoms with van der Waals surface area (Å²) in [4.78, 5) is 2.73. The Labute approximate surface area is 127 Å². The molecule has 2 unspecified atom stereocenters. The lowest BCUT2D eigenvalue weighted by Crippen LogP contribution is -2.55. The van der Waals surface area contributed by atoms with Gasteiger partial charge in [0.15, 0.2) is 0 Å². The van der Waals surface area contributed by atoms with Crippen LogP contribution in [0.2, 0.25) is 5.31 Å². The number of nitrogens with zero attached hydrogens (tertiary/aromatic N) is 1. The maximum atomic E-state index is 6.76. The Balaban J connectivity index is 2.07. The highest BCUT2D eigenvalue weighted by molar-refractivity contribution is 6.15. The van der Waals surface area contributed by atoms with Crippen molar-refractivity contribution in [2.24, 2.45) is 5.92 Å². The van der Waals surface area contributed by atoms with Crippen LogP contribution in [0.15, 0.2) is 0 Å². The molecule has 0 aromatic carbocycles. The first kappa shape index (κ1) is 16.4. The lowest BCUT2D eigenvalue weighted by Gasteiger charge is -2.46. The monoisotopic (exact) mass is 276 g/mol. The minimum absolute atomic E-state index is 0.0552. The number of hydrogen-bond donors (Lipinski definition) is 1. The molecule has 0 bridgehead atoms. The third-order valence-corrected chi connectivity index (χ3v) is 6.02. The summed E-state index contributed by atoms with van der Waals surface area (Å²) in [6.07, 6.45) is 9.05. The second-order valence-electron chi connectivity index (χ2n) is 7.68. The van der Waals surface area contributed by atoms with Gasteiger partial charge in [0.05, 0.1) is 7.85 Å². The molecule has 2 fully saturated rings. The molecule has 2 nitrogen and oxygen atoms in total. The Morgan fingerprint density at radius 2 is 1.60 bits per heavy atom. The topological polar surface area (TPSA) is 15.3 Å². The van der Waals surface area contributed by atoms with Crippen LogP contribution in [-0.2, 0) is 0 Å².